The first-order valence-corrected chi connectivity index (χ1v) is 5.99. The Morgan fingerprint density at radius 3 is 2.53 bits per heavy atom. The number of ether oxygens (including phenoxy) is 1. The molecule has 0 aromatic rings. The molecule has 0 radical (unpaired) electrons. The Bertz CT molecular complexity index is 218. The fourth-order valence-electron chi connectivity index (χ4n) is 2.07. The maximum atomic E-state index is 5.98. The third kappa shape index (κ3) is 4.20. The molecule has 1 aliphatic carbocycles. The summed E-state index contributed by atoms with van der Waals surface area (Å²) in [5.74, 6) is 1.36. The van der Waals surface area contributed by atoms with Gasteiger partial charge in [-0.05, 0) is 33.6 Å². The van der Waals surface area contributed by atoms with Gasteiger partial charge in [-0.1, -0.05) is 12.8 Å². The lowest BCUT2D eigenvalue weighted by Crippen LogP contribution is -2.31. The quantitative estimate of drug-likeness (QED) is 0.561. The van der Waals surface area contributed by atoms with Crippen LogP contribution in [0.4, 0.5) is 0 Å². The Kier molecular flexibility index (Phi) is 4.58. The normalized spacial score (nSPS) is 19.8. The summed E-state index contributed by atoms with van der Waals surface area (Å²) in [7, 11) is 0. The molecule has 0 amide bonds. The van der Waals surface area contributed by atoms with Crippen LogP contribution in [0, 0.1) is 5.92 Å². The second-order valence-corrected chi connectivity index (χ2v) is 4.92. The van der Waals surface area contributed by atoms with Crippen molar-refractivity contribution < 1.29 is 4.74 Å². The molecule has 0 unspecified atom stereocenters. The van der Waals surface area contributed by atoms with Crippen LogP contribution in [0.2, 0.25) is 0 Å². The van der Waals surface area contributed by atoms with Crippen molar-refractivity contribution in [2.75, 3.05) is 13.2 Å². The van der Waals surface area contributed by atoms with E-state index >= 15 is 0 Å². The van der Waals surface area contributed by atoms with Gasteiger partial charge in [0.15, 0.2) is 0 Å². The van der Waals surface area contributed by atoms with Crippen LogP contribution in [0.3, 0.4) is 0 Å². The standard InChI is InChI=1S/C12H24N2O/c1-4-15-12(2,3)9-14-11(13)10-7-5-6-8-10/h10H,4-9H2,1-3H3,(H2,13,14). The van der Waals surface area contributed by atoms with E-state index in [9.17, 15) is 0 Å². The van der Waals surface area contributed by atoms with E-state index in [1.54, 1.807) is 0 Å². The minimum atomic E-state index is -0.183. The monoisotopic (exact) mass is 212 g/mol. The Hall–Kier alpha value is -0.570. The molecule has 0 aromatic heterocycles. The molecule has 0 heterocycles. The zero-order valence-corrected chi connectivity index (χ0v) is 10.3. The van der Waals surface area contributed by atoms with Crippen LogP contribution in [0.25, 0.3) is 0 Å². The first-order chi connectivity index (χ1) is 7.05. The van der Waals surface area contributed by atoms with Crippen LogP contribution >= 0.6 is 0 Å². The Balaban J connectivity index is 2.41. The van der Waals surface area contributed by atoms with Crippen LogP contribution in [-0.2, 0) is 4.74 Å². The number of aliphatic imine (C=N–C) groups is 1. The molecule has 1 rings (SSSR count). The summed E-state index contributed by atoms with van der Waals surface area (Å²) in [6.07, 6.45) is 5.03. The zero-order valence-electron chi connectivity index (χ0n) is 10.3. The molecule has 88 valence electrons. The number of amidine groups is 1. The van der Waals surface area contributed by atoms with Gasteiger partial charge in [0, 0.05) is 12.5 Å². The second kappa shape index (κ2) is 5.50. The highest BCUT2D eigenvalue weighted by Gasteiger charge is 2.21. The van der Waals surface area contributed by atoms with Gasteiger partial charge in [0.25, 0.3) is 0 Å². The molecule has 15 heavy (non-hydrogen) atoms. The lowest BCUT2D eigenvalue weighted by atomic mass is 10.1. The number of nitrogens with two attached hydrogens (primary N) is 1. The van der Waals surface area contributed by atoms with E-state index in [1.165, 1.54) is 25.7 Å². The van der Waals surface area contributed by atoms with Crippen molar-refractivity contribution in [3.05, 3.63) is 0 Å². The van der Waals surface area contributed by atoms with Gasteiger partial charge in [0.2, 0.25) is 0 Å². The molecule has 0 spiro atoms. The van der Waals surface area contributed by atoms with Gasteiger partial charge in [0.1, 0.15) is 0 Å². The number of hydrogen-bond acceptors (Lipinski definition) is 2. The molecule has 3 nitrogen and oxygen atoms in total. The van der Waals surface area contributed by atoms with E-state index in [-0.39, 0.29) is 5.60 Å². The average Bonchev–Trinajstić information content (AvgIpc) is 2.67. The van der Waals surface area contributed by atoms with Crippen LogP contribution in [-0.4, -0.2) is 24.6 Å². The third-order valence-corrected chi connectivity index (χ3v) is 2.95. The van der Waals surface area contributed by atoms with Crippen molar-refractivity contribution in [2.24, 2.45) is 16.6 Å². The van der Waals surface area contributed by atoms with Gasteiger partial charge < -0.3 is 10.5 Å². The van der Waals surface area contributed by atoms with Gasteiger partial charge in [-0.2, -0.15) is 0 Å². The molecule has 0 saturated heterocycles. The molecule has 1 saturated carbocycles. The van der Waals surface area contributed by atoms with Crippen molar-refractivity contribution >= 4 is 5.84 Å². The summed E-state index contributed by atoms with van der Waals surface area (Å²) in [6.45, 7) is 7.52. The van der Waals surface area contributed by atoms with E-state index in [4.69, 9.17) is 10.5 Å². The molecule has 0 aliphatic heterocycles. The Morgan fingerprint density at radius 1 is 1.40 bits per heavy atom. The second-order valence-electron chi connectivity index (χ2n) is 4.92. The molecular weight excluding hydrogens is 188 g/mol. The first-order valence-electron chi connectivity index (χ1n) is 5.99. The highest BCUT2D eigenvalue weighted by molar-refractivity contribution is 5.83. The van der Waals surface area contributed by atoms with Crippen molar-refractivity contribution in [1.82, 2.24) is 0 Å². The molecule has 2 N–H and O–H groups in total. The largest absolute Gasteiger partial charge is 0.387 e. The average molecular weight is 212 g/mol. The van der Waals surface area contributed by atoms with Gasteiger partial charge in [-0.3, -0.25) is 4.99 Å². The van der Waals surface area contributed by atoms with E-state index < -0.39 is 0 Å². The first kappa shape index (κ1) is 12.5. The fourth-order valence-corrected chi connectivity index (χ4v) is 2.07. The summed E-state index contributed by atoms with van der Waals surface area (Å²) in [5, 5.41) is 0. The van der Waals surface area contributed by atoms with Gasteiger partial charge in [0.05, 0.1) is 18.0 Å². The summed E-state index contributed by atoms with van der Waals surface area (Å²) in [6, 6.07) is 0. The van der Waals surface area contributed by atoms with Crippen molar-refractivity contribution in [1.29, 1.82) is 0 Å². The third-order valence-electron chi connectivity index (χ3n) is 2.95. The van der Waals surface area contributed by atoms with E-state index in [0.29, 0.717) is 12.5 Å². The predicted octanol–water partition coefficient (Wildman–Crippen LogP) is 2.35. The zero-order chi connectivity index (χ0) is 11.3. The number of hydrogen-bond donors (Lipinski definition) is 1. The Labute approximate surface area is 93.1 Å². The lowest BCUT2D eigenvalue weighted by molar-refractivity contribution is -0.00217. The van der Waals surface area contributed by atoms with E-state index in [0.717, 1.165) is 12.4 Å². The topological polar surface area (TPSA) is 47.6 Å². The maximum absolute atomic E-state index is 5.98. The molecule has 0 atom stereocenters. The van der Waals surface area contributed by atoms with Crippen LogP contribution in [0.5, 0.6) is 0 Å². The summed E-state index contributed by atoms with van der Waals surface area (Å²) >= 11 is 0. The van der Waals surface area contributed by atoms with Gasteiger partial charge in [-0.15, -0.1) is 0 Å². The van der Waals surface area contributed by atoms with Crippen LogP contribution in [0.1, 0.15) is 46.5 Å². The van der Waals surface area contributed by atoms with Crippen LogP contribution in [0.15, 0.2) is 4.99 Å². The fraction of sp³-hybridized carbons (Fsp3) is 0.917. The Morgan fingerprint density at radius 2 is 2.00 bits per heavy atom. The minimum absolute atomic E-state index is 0.183. The molecule has 1 aliphatic rings. The minimum Gasteiger partial charge on any atom is -0.387 e. The SMILES string of the molecule is CCOC(C)(C)CN=C(N)C1CCCC1. The van der Waals surface area contributed by atoms with Gasteiger partial charge >= 0.3 is 0 Å². The van der Waals surface area contributed by atoms with Crippen LogP contribution < -0.4 is 5.73 Å². The van der Waals surface area contributed by atoms with E-state index in [2.05, 4.69) is 18.8 Å². The smallest absolute Gasteiger partial charge is 0.0969 e. The lowest BCUT2D eigenvalue weighted by Gasteiger charge is -2.23. The summed E-state index contributed by atoms with van der Waals surface area (Å²) < 4.78 is 5.58. The highest BCUT2D eigenvalue weighted by atomic mass is 16.5. The number of rotatable bonds is 5. The molecular formula is C12H24N2O. The highest BCUT2D eigenvalue weighted by Crippen LogP contribution is 2.24. The summed E-state index contributed by atoms with van der Waals surface area (Å²) in [4.78, 5) is 4.47. The molecule has 0 bridgehead atoms. The van der Waals surface area contributed by atoms with Crippen molar-refractivity contribution in [2.45, 2.75) is 52.1 Å². The number of nitrogens with zero attached hydrogens (tertiary/aromatic N) is 1. The maximum Gasteiger partial charge on any atom is 0.0969 e. The predicted molar refractivity (Wildman–Crippen MR) is 64.2 cm³/mol. The van der Waals surface area contributed by atoms with Crippen molar-refractivity contribution in [3.63, 3.8) is 0 Å². The van der Waals surface area contributed by atoms with Crippen molar-refractivity contribution in [3.8, 4) is 0 Å². The molecule has 3 heteroatoms. The summed E-state index contributed by atoms with van der Waals surface area (Å²) in [5.41, 5.74) is 5.79. The van der Waals surface area contributed by atoms with Gasteiger partial charge in [-0.25, -0.2) is 0 Å². The molecule has 0 aromatic carbocycles. The van der Waals surface area contributed by atoms with E-state index in [1.807, 2.05) is 6.92 Å². The molecule has 1 fully saturated rings.